The van der Waals surface area contributed by atoms with Crippen LogP contribution in [0.5, 0.6) is 0 Å². The minimum absolute atomic E-state index is 0.206. The van der Waals surface area contributed by atoms with Crippen molar-refractivity contribution in [2.45, 2.75) is 6.54 Å². The third-order valence-corrected chi connectivity index (χ3v) is 4.19. The van der Waals surface area contributed by atoms with E-state index >= 15 is 0 Å². The Labute approximate surface area is 123 Å². The minimum Gasteiger partial charge on any atom is -0.347 e. The van der Waals surface area contributed by atoms with Crippen LogP contribution >= 0.6 is 22.9 Å². The van der Waals surface area contributed by atoms with E-state index in [-0.39, 0.29) is 22.4 Å². The van der Waals surface area contributed by atoms with Crippen molar-refractivity contribution < 1.29 is 14.8 Å². The predicted octanol–water partition coefficient (Wildman–Crippen LogP) is 1.79. The Kier molecular flexibility index (Phi) is 4.43. The van der Waals surface area contributed by atoms with Crippen molar-refractivity contribution in [2.24, 2.45) is 7.05 Å². The highest BCUT2D eigenvalue weighted by Gasteiger charge is 2.15. The second-order valence-electron chi connectivity index (χ2n) is 4.02. The van der Waals surface area contributed by atoms with Crippen molar-refractivity contribution in [3.8, 4) is 0 Å². The maximum Gasteiger partial charge on any atom is 0.286 e. The number of amides is 2. The van der Waals surface area contributed by atoms with Crippen molar-refractivity contribution >= 4 is 34.8 Å². The highest BCUT2D eigenvalue weighted by Crippen LogP contribution is 2.26. The molecule has 0 saturated heterocycles. The van der Waals surface area contributed by atoms with Gasteiger partial charge in [-0.15, -0.1) is 11.3 Å². The Morgan fingerprint density at radius 1 is 1.45 bits per heavy atom. The van der Waals surface area contributed by atoms with E-state index in [1.54, 1.807) is 36.0 Å². The van der Waals surface area contributed by atoms with E-state index in [0.29, 0.717) is 5.69 Å². The van der Waals surface area contributed by atoms with E-state index in [1.165, 1.54) is 5.48 Å². The van der Waals surface area contributed by atoms with Gasteiger partial charge < -0.3 is 9.88 Å². The van der Waals surface area contributed by atoms with Crippen molar-refractivity contribution in [3.05, 3.63) is 44.9 Å². The summed E-state index contributed by atoms with van der Waals surface area (Å²) in [5.74, 6) is -0.879. The fourth-order valence-corrected chi connectivity index (χ4v) is 2.94. The van der Waals surface area contributed by atoms with Gasteiger partial charge >= 0.3 is 0 Å². The molecule has 0 aliphatic heterocycles. The SMILES string of the molecule is Cn1cccc1C(=O)NCc1cc(Cl)c(C(=O)NO)s1. The summed E-state index contributed by atoms with van der Waals surface area (Å²) in [6.07, 6.45) is 1.78. The van der Waals surface area contributed by atoms with Gasteiger partial charge in [-0.3, -0.25) is 14.8 Å². The molecule has 0 bridgehead atoms. The first-order valence-corrected chi connectivity index (χ1v) is 6.84. The third-order valence-electron chi connectivity index (χ3n) is 2.65. The van der Waals surface area contributed by atoms with Crippen molar-refractivity contribution in [3.63, 3.8) is 0 Å². The summed E-state index contributed by atoms with van der Waals surface area (Å²) in [6, 6.07) is 5.07. The molecule has 3 N–H and O–H groups in total. The molecule has 20 heavy (non-hydrogen) atoms. The summed E-state index contributed by atoms with van der Waals surface area (Å²) in [6.45, 7) is 0.257. The second kappa shape index (κ2) is 6.08. The Hall–Kier alpha value is -1.83. The number of rotatable bonds is 4. The smallest absolute Gasteiger partial charge is 0.286 e. The van der Waals surface area contributed by atoms with Gasteiger partial charge in [-0.25, -0.2) is 5.48 Å². The number of aromatic nitrogens is 1. The maximum atomic E-state index is 11.9. The van der Waals surface area contributed by atoms with Crippen LogP contribution in [0.3, 0.4) is 0 Å². The lowest BCUT2D eigenvalue weighted by Crippen LogP contribution is -2.24. The Bertz CT molecular complexity index is 650. The Balaban J connectivity index is 2.03. The molecule has 2 aromatic rings. The van der Waals surface area contributed by atoms with Crippen LogP contribution in [0, 0.1) is 0 Å². The molecule has 0 unspecified atom stereocenters. The Morgan fingerprint density at radius 2 is 2.20 bits per heavy atom. The molecule has 0 radical (unpaired) electrons. The minimum atomic E-state index is -0.667. The highest BCUT2D eigenvalue weighted by molar-refractivity contribution is 7.14. The van der Waals surface area contributed by atoms with E-state index in [4.69, 9.17) is 16.8 Å². The number of halogens is 1. The number of hydrogen-bond acceptors (Lipinski definition) is 4. The number of carbonyl (C=O) groups is 2. The molecule has 2 heterocycles. The molecule has 0 aromatic carbocycles. The molecular formula is C12H12ClN3O3S. The van der Waals surface area contributed by atoms with E-state index in [1.807, 2.05) is 0 Å². The fourth-order valence-electron chi connectivity index (χ4n) is 1.66. The van der Waals surface area contributed by atoms with Crippen LogP contribution in [-0.2, 0) is 13.6 Å². The number of nitrogens with one attached hydrogen (secondary N) is 2. The lowest BCUT2D eigenvalue weighted by molar-refractivity contribution is 0.0711. The summed E-state index contributed by atoms with van der Waals surface area (Å²) in [7, 11) is 1.78. The number of aryl methyl sites for hydroxylation is 1. The van der Waals surface area contributed by atoms with Gasteiger partial charge in [0.15, 0.2) is 0 Å². The average molecular weight is 314 g/mol. The molecule has 2 amide bonds. The molecule has 6 nitrogen and oxygen atoms in total. The van der Waals surface area contributed by atoms with Gasteiger partial charge in [-0.1, -0.05) is 11.6 Å². The first-order chi connectivity index (χ1) is 9.52. The van der Waals surface area contributed by atoms with E-state index in [9.17, 15) is 9.59 Å². The number of carbonyl (C=O) groups excluding carboxylic acids is 2. The quantitative estimate of drug-likeness (QED) is 0.594. The van der Waals surface area contributed by atoms with Gasteiger partial charge in [0.25, 0.3) is 11.8 Å². The summed E-state index contributed by atoms with van der Waals surface area (Å²) in [5.41, 5.74) is 2.07. The molecule has 106 valence electrons. The normalized spacial score (nSPS) is 10.3. The van der Waals surface area contributed by atoms with Gasteiger partial charge in [0, 0.05) is 18.1 Å². The summed E-state index contributed by atoms with van der Waals surface area (Å²) in [5, 5.41) is 11.5. The molecule has 2 rings (SSSR count). The zero-order valence-electron chi connectivity index (χ0n) is 10.5. The first-order valence-electron chi connectivity index (χ1n) is 5.65. The van der Waals surface area contributed by atoms with Crippen LogP contribution in [-0.4, -0.2) is 21.6 Å². The summed E-state index contributed by atoms with van der Waals surface area (Å²) < 4.78 is 1.71. The van der Waals surface area contributed by atoms with Crippen LogP contribution in [0.4, 0.5) is 0 Å². The first kappa shape index (κ1) is 14.6. The molecule has 2 aromatic heterocycles. The van der Waals surface area contributed by atoms with E-state index < -0.39 is 5.91 Å². The van der Waals surface area contributed by atoms with Gasteiger partial charge in [0.2, 0.25) is 0 Å². The van der Waals surface area contributed by atoms with Crippen molar-refractivity contribution in [1.29, 1.82) is 0 Å². The molecule has 0 spiro atoms. The molecule has 8 heteroatoms. The zero-order valence-corrected chi connectivity index (χ0v) is 12.1. The topological polar surface area (TPSA) is 83.4 Å². The predicted molar refractivity (Wildman–Crippen MR) is 75.2 cm³/mol. The van der Waals surface area contributed by atoms with Crippen LogP contribution in [0.1, 0.15) is 25.0 Å². The number of thiophene rings is 1. The van der Waals surface area contributed by atoms with Crippen LogP contribution in [0.2, 0.25) is 5.02 Å². The summed E-state index contributed by atoms with van der Waals surface area (Å²) >= 11 is 6.99. The third kappa shape index (κ3) is 3.01. The molecule has 0 saturated carbocycles. The molecule has 0 aliphatic rings. The number of hydrogen-bond donors (Lipinski definition) is 3. The monoisotopic (exact) mass is 313 g/mol. The molecule has 0 aliphatic carbocycles. The number of nitrogens with zero attached hydrogens (tertiary/aromatic N) is 1. The van der Waals surface area contributed by atoms with Gasteiger partial charge in [0.1, 0.15) is 10.6 Å². The highest BCUT2D eigenvalue weighted by atomic mass is 35.5. The van der Waals surface area contributed by atoms with Gasteiger partial charge in [-0.2, -0.15) is 0 Å². The van der Waals surface area contributed by atoms with Crippen LogP contribution in [0.25, 0.3) is 0 Å². The second-order valence-corrected chi connectivity index (χ2v) is 5.56. The van der Waals surface area contributed by atoms with E-state index in [2.05, 4.69) is 5.32 Å². The maximum absolute atomic E-state index is 11.9. The largest absolute Gasteiger partial charge is 0.347 e. The van der Waals surface area contributed by atoms with Crippen LogP contribution in [0.15, 0.2) is 24.4 Å². The molecule has 0 fully saturated rings. The lowest BCUT2D eigenvalue weighted by atomic mass is 10.3. The van der Waals surface area contributed by atoms with Crippen LogP contribution < -0.4 is 10.8 Å². The van der Waals surface area contributed by atoms with Gasteiger partial charge in [0.05, 0.1) is 11.6 Å². The average Bonchev–Trinajstić information content (AvgIpc) is 3.01. The molecular weight excluding hydrogens is 302 g/mol. The van der Waals surface area contributed by atoms with Gasteiger partial charge in [-0.05, 0) is 18.2 Å². The summed E-state index contributed by atoms with van der Waals surface area (Å²) in [4.78, 5) is 24.1. The van der Waals surface area contributed by atoms with E-state index in [0.717, 1.165) is 16.2 Å². The van der Waals surface area contributed by atoms with Crippen molar-refractivity contribution in [2.75, 3.05) is 0 Å². The van der Waals surface area contributed by atoms with Crippen molar-refractivity contribution in [1.82, 2.24) is 15.4 Å². The fraction of sp³-hybridized carbons (Fsp3) is 0.167. The lowest BCUT2D eigenvalue weighted by Gasteiger charge is -2.04. The molecule has 0 atom stereocenters. The standard InChI is InChI=1S/C12H12ClN3O3S/c1-16-4-2-3-9(16)11(17)14-6-7-5-8(13)10(20-7)12(18)15-19/h2-5,19H,6H2,1H3,(H,14,17)(H,15,18). The zero-order chi connectivity index (χ0) is 14.7. The number of hydroxylamine groups is 1. The Morgan fingerprint density at radius 3 is 2.80 bits per heavy atom.